The van der Waals surface area contributed by atoms with Crippen LogP contribution in [0.4, 0.5) is 11.4 Å². The summed E-state index contributed by atoms with van der Waals surface area (Å²) in [5, 5.41) is 0. The summed E-state index contributed by atoms with van der Waals surface area (Å²) in [6, 6.07) is 9.25. The molecule has 0 fully saturated rings. The molecular formula is C14H22N2. The highest BCUT2D eigenvalue weighted by molar-refractivity contribution is 5.77. The Labute approximate surface area is 98.9 Å². The predicted octanol–water partition coefficient (Wildman–Crippen LogP) is 3.48. The molecule has 16 heavy (non-hydrogen) atoms. The fourth-order valence-corrected chi connectivity index (χ4v) is 2.25. The summed E-state index contributed by atoms with van der Waals surface area (Å²) in [5.74, 6) is 0. The number of fused-ring (bicyclic) bond motifs is 1. The van der Waals surface area contributed by atoms with Crippen molar-refractivity contribution in [1.82, 2.24) is 0 Å². The molecule has 0 amide bonds. The van der Waals surface area contributed by atoms with Gasteiger partial charge in [-0.3, -0.25) is 0 Å². The maximum atomic E-state index is 2.47. The van der Waals surface area contributed by atoms with Crippen molar-refractivity contribution in [3.8, 4) is 0 Å². The van der Waals surface area contributed by atoms with E-state index in [-0.39, 0.29) is 5.54 Å². The van der Waals surface area contributed by atoms with Crippen molar-refractivity contribution < 1.29 is 0 Å². The third-order valence-corrected chi connectivity index (χ3v) is 3.21. The molecule has 2 nitrogen and oxygen atoms in total. The molecule has 0 aliphatic carbocycles. The number of benzene rings is 1. The van der Waals surface area contributed by atoms with Crippen molar-refractivity contribution in [1.29, 1.82) is 0 Å². The average molecular weight is 218 g/mol. The molecule has 0 saturated heterocycles. The summed E-state index contributed by atoms with van der Waals surface area (Å²) in [6.45, 7) is 12.3. The Balaban J connectivity index is 2.43. The minimum Gasteiger partial charge on any atom is -0.350 e. The van der Waals surface area contributed by atoms with Gasteiger partial charge in [0.1, 0.15) is 0 Å². The zero-order chi connectivity index (χ0) is 11.9. The highest BCUT2D eigenvalue weighted by Crippen LogP contribution is 2.40. The molecule has 88 valence electrons. The van der Waals surface area contributed by atoms with Crippen LogP contribution in [0.3, 0.4) is 0 Å². The Morgan fingerprint density at radius 1 is 1.06 bits per heavy atom. The number of rotatable bonds is 1. The van der Waals surface area contributed by atoms with Gasteiger partial charge in [0.2, 0.25) is 0 Å². The zero-order valence-corrected chi connectivity index (χ0v) is 11.0. The lowest BCUT2D eigenvalue weighted by Crippen LogP contribution is -2.45. The molecule has 0 unspecified atom stereocenters. The van der Waals surface area contributed by atoms with Gasteiger partial charge in [0.05, 0.1) is 18.0 Å². The summed E-state index contributed by atoms with van der Waals surface area (Å²) in [4.78, 5) is 4.93. The standard InChI is InChI=1S/C14H22N2/c1-11(2)15-10-16(14(3,4)5)13-9-7-6-8-12(13)15/h6-9,11H,10H2,1-5H3. The van der Waals surface area contributed by atoms with Gasteiger partial charge < -0.3 is 9.80 Å². The molecule has 0 saturated carbocycles. The average Bonchev–Trinajstić information content (AvgIpc) is 2.56. The highest BCUT2D eigenvalue weighted by Gasteiger charge is 2.33. The van der Waals surface area contributed by atoms with E-state index < -0.39 is 0 Å². The van der Waals surface area contributed by atoms with Crippen LogP contribution in [0.2, 0.25) is 0 Å². The van der Waals surface area contributed by atoms with Gasteiger partial charge in [-0.25, -0.2) is 0 Å². The van der Waals surface area contributed by atoms with E-state index in [1.165, 1.54) is 11.4 Å². The van der Waals surface area contributed by atoms with E-state index in [4.69, 9.17) is 0 Å². The first kappa shape index (κ1) is 11.3. The molecule has 2 rings (SSSR count). The molecular weight excluding hydrogens is 196 g/mol. The minimum absolute atomic E-state index is 0.180. The van der Waals surface area contributed by atoms with Gasteiger partial charge in [-0.05, 0) is 46.8 Å². The largest absolute Gasteiger partial charge is 0.350 e. The number of hydrogen-bond donors (Lipinski definition) is 0. The van der Waals surface area contributed by atoms with Crippen LogP contribution in [0.5, 0.6) is 0 Å². The SMILES string of the molecule is CC(C)N1CN(C(C)(C)C)c2ccccc21. The maximum Gasteiger partial charge on any atom is 0.0912 e. The van der Waals surface area contributed by atoms with Gasteiger partial charge in [0.15, 0.2) is 0 Å². The van der Waals surface area contributed by atoms with Crippen LogP contribution in [-0.2, 0) is 0 Å². The van der Waals surface area contributed by atoms with Crippen molar-refractivity contribution in [3.63, 3.8) is 0 Å². The van der Waals surface area contributed by atoms with Gasteiger partial charge in [0, 0.05) is 11.6 Å². The highest BCUT2D eigenvalue weighted by atomic mass is 15.4. The molecule has 1 aromatic carbocycles. The quantitative estimate of drug-likeness (QED) is 0.712. The molecule has 0 atom stereocenters. The molecule has 0 bridgehead atoms. The molecule has 0 spiro atoms. The third kappa shape index (κ3) is 1.77. The molecule has 0 radical (unpaired) electrons. The number of para-hydroxylation sites is 2. The van der Waals surface area contributed by atoms with E-state index >= 15 is 0 Å². The van der Waals surface area contributed by atoms with Gasteiger partial charge in [-0.1, -0.05) is 12.1 Å². The summed E-state index contributed by atoms with van der Waals surface area (Å²) < 4.78 is 0. The first-order valence-corrected chi connectivity index (χ1v) is 6.04. The van der Waals surface area contributed by atoms with Crippen LogP contribution in [0.15, 0.2) is 24.3 Å². The van der Waals surface area contributed by atoms with E-state index in [9.17, 15) is 0 Å². The van der Waals surface area contributed by atoms with Crippen molar-refractivity contribution in [2.45, 2.75) is 46.2 Å². The fraction of sp³-hybridized carbons (Fsp3) is 0.571. The van der Waals surface area contributed by atoms with E-state index in [1.54, 1.807) is 0 Å². The first-order valence-electron chi connectivity index (χ1n) is 6.04. The van der Waals surface area contributed by atoms with E-state index in [1.807, 2.05) is 0 Å². The van der Waals surface area contributed by atoms with Crippen LogP contribution in [0.25, 0.3) is 0 Å². The molecule has 0 N–H and O–H groups in total. The first-order chi connectivity index (χ1) is 7.41. The van der Waals surface area contributed by atoms with Crippen LogP contribution in [-0.4, -0.2) is 18.2 Å². The zero-order valence-electron chi connectivity index (χ0n) is 11.0. The smallest absolute Gasteiger partial charge is 0.0912 e. The van der Waals surface area contributed by atoms with Crippen LogP contribution >= 0.6 is 0 Å². The number of hydrogen-bond acceptors (Lipinski definition) is 2. The molecule has 2 heteroatoms. The Morgan fingerprint density at radius 2 is 1.62 bits per heavy atom. The Kier molecular flexibility index (Phi) is 2.61. The maximum absolute atomic E-state index is 2.47. The number of anilines is 2. The normalized spacial score (nSPS) is 15.9. The second-order valence-corrected chi connectivity index (χ2v) is 5.79. The molecule has 1 heterocycles. The lowest BCUT2D eigenvalue weighted by atomic mass is 10.1. The van der Waals surface area contributed by atoms with Gasteiger partial charge in [-0.15, -0.1) is 0 Å². The predicted molar refractivity (Wildman–Crippen MR) is 71.2 cm³/mol. The summed E-state index contributed by atoms with van der Waals surface area (Å²) in [7, 11) is 0. The lowest BCUT2D eigenvalue weighted by Gasteiger charge is -2.35. The van der Waals surface area contributed by atoms with E-state index in [2.05, 4.69) is 68.7 Å². The molecule has 0 aromatic heterocycles. The van der Waals surface area contributed by atoms with Gasteiger partial charge in [0.25, 0.3) is 0 Å². The molecule has 1 aliphatic rings. The van der Waals surface area contributed by atoms with Crippen LogP contribution in [0.1, 0.15) is 34.6 Å². The Bertz CT molecular complexity index is 377. The minimum atomic E-state index is 0.180. The Morgan fingerprint density at radius 3 is 2.12 bits per heavy atom. The van der Waals surface area contributed by atoms with E-state index in [0.717, 1.165) is 6.67 Å². The Hall–Kier alpha value is -1.18. The fourth-order valence-electron chi connectivity index (χ4n) is 2.25. The van der Waals surface area contributed by atoms with Crippen molar-refractivity contribution >= 4 is 11.4 Å². The summed E-state index contributed by atoms with van der Waals surface area (Å²) >= 11 is 0. The van der Waals surface area contributed by atoms with Crippen molar-refractivity contribution in [2.24, 2.45) is 0 Å². The second-order valence-electron chi connectivity index (χ2n) is 5.79. The van der Waals surface area contributed by atoms with Crippen molar-refractivity contribution in [3.05, 3.63) is 24.3 Å². The van der Waals surface area contributed by atoms with Gasteiger partial charge >= 0.3 is 0 Å². The van der Waals surface area contributed by atoms with Crippen LogP contribution in [0, 0.1) is 0 Å². The lowest BCUT2D eigenvalue weighted by molar-refractivity contribution is 0.504. The monoisotopic (exact) mass is 218 g/mol. The second kappa shape index (κ2) is 3.69. The number of nitrogens with zero attached hydrogens (tertiary/aromatic N) is 2. The van der Waals surface area contributed by atoms with Crippen molar-refractivity contribution in [2.75, 3.05) is 16.5 Å². The van der Waals surface area contributed by atoms with E-state index in [0.29, 0.717) is 6.04 Å². The topological polar surface area (TPSA) is 6.48 Å². The summed E-state index contributed by atoms with van der Waals surface area (Å²) in [5.41, 5.74) is 2.91. The van der Waals surface area contributed by atoms with Crippen LogP contribution < -0.4 is 9.80 Å². The summed E-state index contributed by atoms with van der Waals surface area (Å²) in [6.07, 6.45) is 0. The molecule has 1 aromatic rings. The third-order valence-electron chi connectivity index (χ3n) is 3.21. The van der Waals surface area contributed by atoms with Gasteiger partial charge in [-0.2, -0.15) is 0 Å². The molecule has 1 aliphatic heterocycles.